The van der Waals surface area contributed by atoms with Gasteiger partial charge >= 0.3 is 0 Å². The number of nitrogens with one attached hydrogen (secondary N) is 1. The summed E-state index contributed by atoms with van der Waals surface area (Å²) in [6.07, 6.45) is 2.04. The SMILES string of the molecule is Cc1c(N)cccc1SCC(=O)NC(C)(C#N)C1CC1. The normalized spacial score (nSPS) is 17.1. The highest BCUT2D eigenvalue weighted by molar-refractivity contribution is 8.00. The third-order valence-corrected chi connectivity index (χ3v) is 4.87. The molecule has 1 atom stereocenters. The van der Waals surface area contributed by atoms with E-state index in [9.17, 15) is 10.1 Å². The molecule has 1 aliphatic carbocycles. The van der Waals surface area contributed by atoms with Crippen LogP contribution in [0.1, 0.15) is 25.3 Å². The van der Waals surface area contributed by atoms with E-state index in [1.807, 2.05) is 25.1 Å². The van der Waals surface area contributed by atoms with Gasteiger partial charge in [-0.1, -0.05) is 6.07 Å². The van der Waals surface area contributed by atoms with E-state index in [2.05, 4.69) is 11.4 Å². The van der Waals surface area contributed by atoms with Crippen molar-refractivity contribution in [3.8, 4) is 6.07 Å². The predicted octanol–water partition coefficient (Wildman–Crippen LogP) is 2.48. The summed E-state index contributed by atoms with van der Waals surface area (Å²) in [5.74, 6) is 0.497. The maximum absolute atomic E-state index is 12.0. The van der Waals surface area contributed by atoms with Gasteiger partial charge in [0.05, 0.1) is 11.8 Å². The topological polar surface area (TPSA) is 78.9 Å². The van der Waals surface area contributed by atoms with Gasteiger partial charge < -0.3 is 11.1 Å². The van der Waals surface area contributed by atoms with Gasteiger partial charge in [-0.15, -0.1) is 11.8 Å². The molecule has 4 nitrogen and oxygen atoms in total. The van der Waals surface area contributed by atoms with Crippen molar-refractivity contribution in [2.24, 2.45) is 5.92 Å². The highest BCUT2D eigenvalue weighted by Crippen LogP contribution is 2.39. The van der Waals surface area contributed by atoms with E-state index in [0.717, 1.165) is 29.0 Å². The Hall–Kier alpha value is -1.67. The van der Waals surface area contributed by atoms with E-state index >= 15 is 0 Å². The summed E-state index contributed by atoms with van der Waals surface area (Å²) in [6, 6.07) is 7.91. The number of carbonyl (C=O) groups is 1. The molecule has 3 N–H and O–H groups in total. The molecule has 5 heteroatoms. The van der Waals surface area contributed by atoms with Crippen molar-refractivity contribution in [2.45, 2.75) is 37.1 Å². The standard InChI is InChI=1S/C15H19N3OS/c1-10-12(17)4-3-5-13(10)20-8-14(19)18-15(2,9-16)11-6-7-11/h3-5,11H,6-8,17H2,1-2H3,(H,18,19). The first-order valence-corrected chi connectivity index (χ1v) is 7.65. The summed E-state index contributed by atoms with van der Waals surface area (Å²) in [5, 5.41) is 12.1. The van der Waals surface area contributed by atoms with Crippen LogP contribution in [0.3, 0.4) is 0 Å². The fourth-order valence-corrected chi connectivity index (χ4v) is 3.01. The Morgan fingerprint density at radius 3 is 2.90 bits per heavy atom. The van der Waals surface area contributed by atoms with Crippen molar-refractivity contribution in [1.29, 1.82) is 5.26 Å². The Morgan fingerprint density at radius 1 is 1.60 bits per heavy atom. The summed E-state index contributed by atoms with van der Waals surface area (Å²) in [4.78, 5) is 13.0. The number of nitrogens with zero attached hydrogens (tertiary/aromatic N) is 1. The van der Waals surface area contributed by atoms with Crippen molar-refractivity contribution in [3.05, 3.63) is 23.8 Å². The van der Waals surface area contributed by atoms with Crippen LogP contribution in [-0.2, 0) is 4.79 Å². The van der Waals surface area contributed by atoms with Crippen LogP contribution in [0.15, 0.2) is 23.1 Å². The van der Waals surface area contributed by atoms with Crippen LogP contribution in [0.5, 0.6) is 0 Å². The third kappa shape index (κ3) is 3.26. The zero-order valence-corrected chi connectivity index (χ0v) is 12.6. The molecule has 0 aliphatic heterocycles. The van der Waals surface area contributed by atoms with E-state index in [1.54, 1.807) is 6.92 Å². The lowest BCUT2D eigenvalue weighted by Crippen LogP contribution is -2.47. The van der Waals surface area contributed by atoms with Crippen LogP contribution in [0.2, 0.25) is 0 Å². The average molecular weight is 289 g/mol. The fourth-order valence-electron chi connectivity index (χ4n) is 2.14. The molecule has 1 fully saturated rings. The average Bonchev–Trinajstić information content (AvgIpc) is 3.25. The number of nitriles is 1. The van der Waals surface area contributed by atoms with Gasteiger partial charge in [-0.2, -0.15) is 5.26 Å². The van der Waals surface area contributed by atoms with E-state index in [-0.39, 0.29) is 5.91 Å². The molecule has 1 aliphatic rings. The number of anilines is 1. The molecule has 0 aromatic heterocycles. The van der Waals surface area contributed by atoms with E-state index in [0.29, 0.717) is 11.7 Å². The van der Waals surface area contributed by atoms with Crippen molar-refractivity contribution in [3.63, 3.8) is 0 Å². The fraction of sp³-hybridized carbons (Fsp3) is 0.467. The monoisotopic (exact) mass is 289 g/mol. The van der Waals surface area contributed by atoms with Crippen LogP contribution < -0.4 is 11.1 Å². The highest BCUT2D eigenvalue weighted by atomic mass is 32.2. The zero-order chi connectivity index (χ0) is 14.8. The third-order valence-electron chi connectivity index (χ3n) is 3.71. The van der Waals surface area contributed by atoms with Gasteiger partial charge in [-0.3, -0.25) is 4.79 Å². The summed E-state index contributed by atoms with van der Waals surface area (Å²) < 4.78 is 0. The first-order chi connectivity index (χ1) is 9.46. The van der Waals surface area contributed by atoms with Crippen LogP contribution in [0.25, 0.3) is 0 Å². The molecule has 1 aromatic carbocycles. The van der Waals surface area contributed by atoms with Gasteiger partial charge in [0.15, 0.2) is 0 Å². The maximum Gasteiger partial charge on any atom is 0.231 e. The van der Waals surface area contributed by atoms with E-state index in [1.165, 1.54) is 11.8 Å². The number of carbonyl (C=O) groups excluding carboxylic acids is 1. The smallest absolute Gasteiger partial charge is 0.231 e. The van der Waals surface area contributed by atoms with Crippen molar-refractivity contribution in [1.82, 2.24) is 5.32 Å². The molecule has 0 saturated heterocycles. The Balaban J connectivity index is 1.92. The van der Waals surface area contributed by atoms with Crippen LogP contribution >= 0.6 is 11.8 Å². The Morgan fingerprint density at radius 2 is 2.30 bits per heavy atom. The Kier molecular flexibility index (Phi) is 4.24. The second-order valence-electron chi connectivity index (χ2n) is 5.40. The minimum absolute atomic E-state index is 0.104. The molecule has 2 rings (SSSR count). The first kappa shape index (κ1) is 14.7. The van der Waals surface area contributed by atoms with E-state index in [4.69, 9.17) is 5.73 Å². The largest absolute Gasteiger partial charge is 0.398 e. The lowest BCUT2D eigenvalue weighted by atomic mass is 9.98. The molecule has 106 valence electrons. The van der Waals surface area contributed by atoms with Gasteiger partial charge in [0.1, 0.15) is 5.54 Å². The predicted molar refractivity (Wildman–Crippen MR) is 81.2 cm³/mol. The van der Waals surface area contributed by atoms with Crippen molar-refractivity contribution in [2.75, 3.05) is 11.5 Å². The lowest BCUT2D eigenvalue weighted by molar-refractivity contribution is -0.119. The summed E-state index contributed by atoms with van der Waals surface area (Å²) >= 11 is 1.45. The minimum Gasteiger partial charge on any atom is -0.398 e. The van der Waals surface area contributed by atoms with E-state index < -0.39 is 5.54 Å². The Labute approximate surface area is 123 Å². The molecule has 1 saturated carbocycles. The number of thioether (sulfide) groups is 1. The maximum atomic E-state index is 12.0. The van der Waals surface area contributed by atoms with Gasteiger partial charge in [-0.05, 0) is 50.3 Å². The number of benzene rings is 1. The summed E-state index contributed by atoms with van der Waals surface area (Å²) in [6.45, 7) is 3.75. The minimum atomic E-state index is -0.720. The quantitative estimate of drug-likeness (QED) is 0.644. The first-order valence-electron chi connectivity index (χ1n) is 6.66. The second kappa shape index (κ2) is 5.76. The molecule has 0 radical (unpaired) electrons. The number of nitrogen functional groups attached to an aromatic ring is 1. The molecule has 1 aromatic rings. The van der Waals surface area contributed by atoms with Crippen LogP contribution in [0.4, 0.5) is 5.69 Å². The molecule has 20 heavy (non-hydrogen) atoms. The molecular formula is C15H19N3OS. The zero-order valence-electron chi connectivity index (χ0n) is 11.8. The number of amides is 1. The summed E-state index contributed by atoms with van der Waals surface area (Å²) in [7, 11) is 0. The highest BCUT2D eigenvalue weighted by Gasteiger charge is 2.42. The number of nitrogens with two attached hydrogens (primary N) is 1. The summed E-state index contributed by atoms with van der Waals surface area (Å²) in [5.41, 5.74) is 6.85. The number of rotatable bonds is 5. The second-order valence-corrected chi connectivity index (χ2v) is 6.41. The molecule has 0 heterocycles. The number of hydrogen-bond donors (Lipinski definition) is 2. The molecule has 0 spiro atoms. The van der Waals surface area contributed by atoms with Gasteiger partial charge in [0.2, 0.25) is 5.91 Å². The lowest BCUT2D eigenvalue weighted by Gasteiger charge is -2.22. The molecule has 0 bridgehead atoms. The molecular weight excluding hydrogens is 270 g/mol. The molecule has 1 unspecified atom stereocenters. The number of hydrogen-bond acceptors (Lipinski definition) is 4. The van der Waals surface area contributed by atoms with Gasteiger partial charge in [-0.25, -0.2) is 0 Å². The van der Waals surface area contributed by atoms with Crippen molar-refractivity contribution >= 4 is 23.4 Å². The molecule has 1 amide bonds. The van der Waals surface area contributed by atoms with Crippen LogP contribution in [-0.4, -0.2) is 17.2 Å². The van der Waals surface area contributed by atoms with Crippen molar-refractivity contribution < 1.29 is 4.79 Å². The van der Waals surface area contributed by atoms with Gasteiger partial charge in [0.25, 0.3) is 0 Å². The van der Waals surface area contributed by atoms with Crippen LogP contribution in [0, 0.1) is 24.2 Å². The Bertz CT molecular complexity index is 563. The van der Waals surface area contributed by atoms with Gasteiger partial charge in [0, 0.05) is 10.6 Å².